The summed E-state index contributed by atoms with van der Waals surface area (Å²) in [5.41, 5.74) is 7.84. The van der Waals surface area contributed by atoms with Gasteiger partial charge in [0.2, 0.25) is 5.91 Å². The summed E-state index contributed by atoms with van der Waals surface area (Å²) in [7, 11) is 0. The molecule has 1 amide bonds. The molecule has 0 spiro atoms. The van der Waals surface area contributed by atoms with Gasteiger partial charge in [-0.15, -0.1) is 0 Å². The molecule has 0 aromatic heterocycles. The van der Waals surface area contributed by atoms with Gasteiger partial charge in [-0.2, -0.15) is 0 Å². The molecular weight excluding hydrogens is 236 g/mol. The van der Waals surface area contributed by atoms with Gasteiger partial charge in [-0.3, -0.25) is 9.69 Å². The highest BCUT2D eigenvalue weighted by Crippen LogP contribution is 2.43. The van der Waals surface area contributed by atoms with Crippen molar-refractivity contribution in [3.05, 3.63) is 71.8 Å². The van der Waals surface area contributed by atoms with Crippen LogP contribution < -0.4 is 5.73 Å². The van der Waals surface area contributed by atoms with E-state index in [1.807, 2.05) is 48.5 Å². The Labute approximate surface area is 112 Å². The topological polar surface area (TPSA) is 46.1 Å². The summed E-state index contributed by atoms with van der Waals surface area (Å²) < 4.78 is 0. The summed E-state index contributed by atoms with van der Waals surface area (Å²) in [6.45, 7) is 0.758. The summed E-state index contributed by atoms with van der Waals surface area (Å²) in [5.74, 6) is -0.246. The van der Waals surface area contributed by atoms with E-state index in [1.54, 1.807) is 0 Å². The van der Waals surface area contributed by atoms with E-state index in [-0.39, 0.29) is 18.0 Å². The molecule has 1 aliphatic heterocycles. The number of primary amides is 1. The van der Waals surface area contributed by atoms with Crippen LogP contribution in [0, 0.1) is 0 Å². The molecular formula is C16H16N2O. The van der Waals surface area contributed by atoms with E-state index < -0.39 is 0 Å². The van der Waals surface area contributed by atoms with Gasteiger partial charge in [0.25, 0.3) is 0 Å². The van der Waals surface area contributed by atoms with E-state index in [0.717, 1.165) is 12.1 Å². The van der Waals surface area contributed by atoms with E-state index in [4.69, 9.17) is 5.73 Å². The molecule has 3 atom stereocenters. The molecule has 3 rings (SSSR count). The third-order valence-electron chi connectivity index (χ3n) is 3.56. The minimum atomic E-state index is -0.246. The highest BCUT2D eigenvalue weighted by atomic mass is 16.1. The number of nitrogens with two attached hydrogens (primary N) is 1. The van der Waals surface area contributed by atoms with E-state index >= 15 is 0 Å². The monoisotopic (exact) mass is 252 g/mol. The van der Waals surface area contributed by atoms with Gasteiger partial charge < -0.3 is 5.73 Å². The quantitative estimate of drug-likeness (QED) is 0.847. The predicted octanol–water partition coefficient (Wildman–Crippen LogP) is 2.10. The maximum atomic E-state index is 11.5. The molecule has 0 radical (unpaired) electrons. The Balaban J connectivity index is 1.80. The zero-order chi connectivity index (χ0) is 13.2. The molecule has 3 heteroatoms. The number of carbonyl (C=O) groups excluding carboxylic acids is 1. The average molecular weight is 252 g/mol. The van der Waals surface area contributed by atoms with Gasteiger partial charge in [-0.05, 0) is 11.1 Å². The summed E-state index contributed by atoms with van der Waals surface area (Å²) in [4.78, 5) is 13.7. The van der Waals surface area contributed by atoms with Gasteiger partial charge in [-0.1, -0.05) is 60.7 Å². The second kappa shape index (κ2) is 4.86. The van der Waals surface area contributed by atoms with Crippen LogP contribution in [-0.2, 0) is 11.3 Å². The lowest BCUT2D eigenvalue weighted by Gasteiger charge is -2.03. The number of nitrogens with zero attached hydrogens (tertiary/aromatic N) is 1. The van der Waals surface area contributed by atoms with Gasteiger partial charge in [0, 0.05) is 6.54 Å². The Bertz CT molecular complexity index is 568. The van der Waals surface area contributed by atoms with Crippen molar-refractivity contribution in [2.24, 2.45) is 5.73 Å². The smallest absolute Gasteiger partial charge is 0.236 e. The van der Waals surface area contributed by atoms with Gasteiger partial charge >= 0.3 is 0 Å². The van der Waals surface area contributed by atoms with Crippen LogP contribution in [0.3, 0.4) is 0 Å². The number of hydrogen-bond acceptors (Lipinski definition) is 2. The summed E-state index contributed by atoms with van der Waals surface area (Å²) in [6.07, 6.45) is 0. The SMILES string of the molecule is NC(=O)[C@@H]1[C@H](c2ccccc2)N1Cc1ccccc1. The maximum Gasteiger partial charge on any atom is 0.236 e. The lowest BCUT2D eigenvalue weighted by Crippen LogP contribution is -2.21. The first-order valence-corrected chi connectivity index (χ1v) is 6.41. The van der Waals surface area contributed by atoms with Gasteiger partial charge in [0.1, 0.15) is 6.04 Å². The van der Waals surface area contributed by atoms with Crippen LogP contribution in [0.25, 0.3) is 0 Å². The van der Waals surface area contributed by atoms with E-state index in [0.29, 0.717) is 0 Å². The highest BCUT2D eigenvalue weighted by Gasteiger charge is 2.51. The first kappa shape index (κ1) is 11.9. The summed E-state index contributed by atoms with van der Waals surface area (Å²) in [5, 5.41) is 0. The van der Waals surface area contributed by atoms with Gasteiger partial charge in [0.05, 0.1) is 6.04 Å². The Morgan fingerprint density at radius 1 is 1.00 bits per heavy atom. The molecule has 0 aliphatic carbocycles. The van der Waals surface area contributed by atoms with E-state index in [9.17, 15) is 4.79 Å². The Hall–Kier alpha value is -2.13. The lowest BCUT2D eigenvalue weighted by molar-refractivity contribution is -0.118. The number of amides is 1. The Morgan fingerprint density at radius 3 is 2.16 bits per heavy atom. The molecule has 1 unspecified atom stereocenters. The van der Waals surface area contributed by atoms with Crippen molar-refractivity contribution in [1.82, 2.24) is 4.90 Å². The molecule has 0 saturated carbocycles. The van der Waals surface area contributed by atoms with Crippen LogP contribution in [-0.4, -0.2) is 16.8 Å². The molecule has 2 N–H and O–H groups in total. The van der Waals surface area contributed by atoms with Crippen LogP contribution in [0.4, 0.5) is 0 Å². The molecule has 3 nitrogen and oxygen atoms in total. The molecule has 1 heterocycles. The first-order valence-electron chi connectivity index (χ1n) is 6.41. The molecule has 19 heavy (non-hydrogen) atoms. The van der Waals surface area contributed by atoms with Crippen LogP contribution in [0.5, 0.6) is 0 Å². The fourth-order valence-corrected chi connectivity index (χ4v) is 2.61. The maximum absolute atomic E-state index is 11.5. The fourth-order valence-electron chi connectivity index (χ4n) is 2.61. The number of hydrogen-bond donors (Lipinski definition) is 1. The van der Waals surface area contributed by atoms with Crippen molar-refractivity contribution in [1.29, 1.82) is 0 Å². The average Bonchev–Trinajstić information content (AvgIpc) is 3.15. The first-order chi connectivity index (χ1) is 9.27. The molecule has 1 saturated heterocycles. The zero-order valence-electron chi connectivity index (χ0n) is 10.6. The fraction of sp³-hybridized carbons (Fsp3) is 0.188. The largest absolute Gasteiger partial charge is 0.368 e. The van der Waals surface area contributed by atoms with Crippen molar-refractivity contribution in [2.45, 2.75) is 18.6 Å². The minimum Gasteiger partial charge on any atom is -0.368 e. The molecule has 1 aliphatic rings. The summed E-state index contributed by atoms with van der Waals surface area (Å²) >= 11 is 0. The van der Waals surface area contributed by atoms with Crippen molar-refractivity contribution in [3.8, 4) is 0 Å². The normalized spacial score (nSPS) is 24.9. The minimum absolute atomic E-state index is 0.124. The standard InChI is InChI=1S/C16H16N2O/c17-16(19)15-14(13-9-5-2-6-10-13)18(15)11-12-7-3-1-4-8-12/h1-10,14-15H,11H2,(H2,17,19)/t14-,15-,18?/m0/s1. The summed E-state index contributed by atoms with van der Waals surface area (Å²) in [6, 6.07) is 20.2. The number of benzene rings is 2. The van der Waals surface area contributed by atoms with E-state index in [2.05, 4.69) is 17.0 Å². The molecule has 0 bridgehead atoms. The highest BCUT2D eigenvalue weighted by molar-refractivity contribution is 5.84. The van der Waals surface area contributed by atoms with Gasteiger partial charge in [0.15, 0.2) is 0 Å². The predicted molar refractivity (Wildman–Crippen MR) is 74.2 cm³/mol. The number of carbonyl (C=O) groups is 1. The number of rotatable bonds is 4. The van der Waals surface area contributed by atoms with Crippen LogP contribution in [0.1, 0.15) is 17.2 Å². The van der Waals surface area contributed by atoms with Crippen LogP contribution in [0.2, 0.25) is 0 Å². The molecule has 96 valence electrons. The van der Waals surface area contributed by atoms with Crippen molar-refractivity contribution >= 4 is 5.91 Å². The third-order valence-corrected chi connectivity index (χ3v) is 3.56. The zero-order valence-corrected chi connectivity index (χ0v) is 10.6. The molecule has 1 fully saturated rings. The van der Waals surface area contributed by atoms with Crippen LogP contribution >= 0.6 is 0 Å². The van der Waals surface area contributed by atoms with Crippen molar-refractivity contribution < 1.29 is 4.79 Å². The third kappa shape index (κ3) is 2.37. The van der Waals surface area contributed by atoms with Crippen molar-refractivity contribution in [2.75, 3.05) is 0 Å². The second-order valence-corrected chi connectivity index (χ2v) is 4.86. The molecule has 2 aromatic carbocycles. The lowest BCUT2D eigenvalue weighted by atomic mass is 10.1. The van der Waals surface area contributed by atoms with Crippen LogP contribution in [0.15, 0.2) is 60.7 Å². The Morgan fingerprint density at radius 2 is 1.58 bits per heavy atom. The molecule has 2 aromatic rings. The van der Waals surface area contributed by atoms with E-state index in [1.165, 1.54) is 5.56 Å². The Kier molecular flexibility index (Phi) is 3.05. The van der Waals surface area contributed by atoms with Gasteiger partial charge in [-0.25, -0.2) is 0 Å². The van der Waals surface area contributed by atoms with Crippen molar-refractivity contribution in [3.63, 3.8) is 0 Å². The second-order valence-electron chi connectivity index (χ2n) is 4.86.